The topological polar surface area (TPSA) is 41.1 Å². The fourth-order valence-electron chi connectivity index (χ4n) is 1.74. The van der Waals surface area contributed by atoms with Gasteiger partial charge < -0.3 is 10.6 Å². The maximum absolute atomic E-state index is 11.1. The van der Waals surface area contributed by atoms with E-state index in [1.54, 1.807) is 11.3 Å². The molecule has 1 amide bonds. The summed E-state index contributed by atoms with van der Waals surface area (Å²) in [4.78, 5) is 12.1. The highest BCUT2D eigenvalue weighted by Gasteiger charge is 2.08. The molecular formula is C14H14Cl2N2OS. The van der Waals surface area contributed by atoms with Crippen molar-refractivity contribution in [2.24, 2.45) is 0 Å². The van der Waals surface area contributed by atoms with E-state index in [2.05, 4.69) is 10.6 Å². The van der Waals surface area contributed by atoms with Gasteiger partial charge in [0, 0.05) is 16.8 Å². The lowest BCUT2D eigenvalue weighted by atomic mass is 10.2. The van der Waals surface area contributed by atoms with Crippen LogP contribution in [-0.4, -0.2) is 5.91 Å². The zero-order valence-electron chi connectivity index (χ0n) is 11.1. The van der Waals surface area contributed by atoms with Crippen LogP contribution in [0.2, 0.25) is 10.0 Å². The molecule has 0 atom stereocenters. The third-order valence-electron chi connectivity index (χ3n) is 2.74. The van der Waals surface area contributed by atoms with E-state index in [-0.39, 0.29) is 5.91 Å². The Morgan fingerprint density at radius 2 is 2.00 bits per heavy atom. The number of hydrogen-bond donors (Lipinski definition) is 2. The fourth-order valence-corrected chi connectivity index (χ4v) is 2.95. The van der Waals surface area contributed by atoms with E-state index in [4.69, 9.17) is 23.2 Å². The van der Waals surface area contributed by atoms with Gasteiger partial charge in [-0.15, -0.1) is 11.3 Å². The van der Waals surface area contributed by atoms with Gasteiger partial charge in [-0.2, -0.15) is 0 Å². The molecule has 0 fully saturated rings. The maximum atomic E-state index is 11.1. The van der Waals surface area contributed by atoms with Crippen LogP contribution in [0, 0.1) is 6.92 Å². The van der Waals surface area contributed by atoms with Gasteiger partial charge >= 0.3 is 0 Å². The summed E-state index contributed by atoms with van der Waals surface area (Å²) >= 11 is 13.8. The van der Waals surface area contributed by atoms with Crippen molar-refractivity contribution in [1.82, 2.24) is 0 Å². The number of hydrogen-bond acceptors (Lipinski definition) is 3. The van der Waals surface area contributed by atoms with Crippen LogP contribution in [0.5, 0.6) is 0 Å². The minimum Gasteiger partial charge on any atom is -0.379 e. The molecule has 0 saturated carbocycles. The van der Waals surface area contributed by atoms with Crippen LogP contribution < -0.4 is 10.6 Å². The Hall–Kier alpha value is -1.23. The van der Waals surface area contributed by atoms with Crippen LogP contribution >= 0.6 is 34.5 Å². The first-order valence-electron chi connectivity index (χ1n) is 6.01. The van der Waals surface area contributed by atoms with Crippen molar-refractivity contribution in [2.45, 2.75) is 20.4 Å². The Labute approximate surface area is 131 Å². The molecular weight excluding hydrogens is 315 g/mol. The summed E-state index contributed by atoms with van der Waals surface area (Å²) in [6.45, 7) is 3.98. The van der Waals surface area contributed by atoms with Gasteiger partial charge in [-0.3, -0.25) is 4.79 Å². The van der Waals surface area contributed by atoms with Crippen molar-refractivity contribution < 1.29 is 4.79 Å². The number of carbonyl (C=O) groups excluding carboxylic acids is 1. The van der Waals surface area contributed by atoms with Crippen molar-refractivity contribution in [3.8, 4) is 0 Å². The van der Waals surface area contributed by atoms with Crippen molar-refractivity contribution >= 4 is 51.8 Å². The summed E-state index contributed by atoms with van der Waals surface area (Å²) in [5, 5.41) is 9.27. The van der Waals surface area contributed by atoms with Crippen LogP contribution in [0.3, 0.4) is 0 Å². The second-order valence-corrected chi connectivity index (χ2v) is 6.19. The van der Waals surface area contributed by atoms with Crippen LogP contribution in [0.4, 0.5) is 11.4 Å². The second-order valence-electron chi connectivity index (χ2n) is 4.37. The lowest BCUT2D eigenvalue weighted by Gasteiger charge is -2.11. The Bertz CT molecular complexity index is 640. The van der Waals surface area contributed by atoms with Gasteiger partial charge in [0.05, 0.1) is 22.9 Å². The molecule has 1 aromatic heterocycles. The molecule has 0 radical (unpaired) electrons. The third kappa shape index (κ3) is 3.66. The maximum Gasteiger partial charge on any atom is 0.221 e. The zero-order chi connectivity index (χ0) is 14.7. The Morgan fingerprint density at radius 3 is 2.70 bits per heavy atom. The van der Waals surface area contributed by atoms with Crippen LogP contribution in [0.15, 0.2) is 23.6 Å². The van der Waals surface area contributed by atoms with E-state index >= 15 is 0 Å². The lowest BCUT2D eigenvalue weighted by molar-refractivity contribution is -0.114. The SMILES string of the molecule is CC(=O)Nc1ccsc1CNc1cc(Cl)c(C)cc1Cl. The standard InChI is InChI=1S/C14H14Cl2N2OS/c1-8-5-11(16)13(6-10(8)15)17-7-14-12(3-4-20-14)18-9(2)19/h3-6,17H,7H2,1-2H3,(H,18,19). The summed E-state index contributed by atoms with van der Waals surface area (Å²) in [7, 11) is 0. The molecule has 2 rings (SSSR count). The number of amides is 1. The molecule has 2 aromatic rings. The smallest absolute Gasteiger partial charge is 0.221 e. The minimum absolute atomic E-state index is 0.0823. The number of halogens is 2. The molecule has 20 heavy (non-hydrogen) atoms. The third-order valence-corrected chi connectivity index (χ3v) is 4.38. The van der Waals surface area contributed by atoms with Gasteiger partial charge in [-0.25, -0.2) is 0 Å². The molecule has 1 aromatic carbocycles. The number of rotatable bonds is 4. The fraction of sp³-hybridized carbons (Fsp3) is 0.214. The highest BCUT2D eigenvalue weighted by molar-refractivity contribution is 7.10. The highest BCUT2D eigenvalue weighted by atomic mass is 35.5. The summed E-state index contributed by atoms with van der Waals surface area (Å²) in [6.07, 6.45) is 0. The minimum atomic E-state index is -0.0823. The first-order chi connectivity index (χ1) is 9.47. The summed E-state index contributed by atoms with van der Waals surface area (Å²) in [5.74, 6) is -0.0823. The molecule has 0 saturated heterocycles. The molecule has 0 aliphatic heterocycles. The molecule has 106 valence electrons. The Morgan fingerprint density at radius 1 is 1.25 bits per heavy atom. The van der Waals surface area contributed by atoms with Crippen LogP contribution in [0.1, 0.15) is 17.4 Å². The first kappa shape index (κ1) is 15.2. The van der Waals surface area contributed by atoms with E-state index in [9.17, 15) is 4.79 Å². The van der Waals surface area contributed by atoms with E-state index in [1.165, 1.54) is 6.92 Å². The van der Waals surface area contributed by atoms with Gasteiger partial charge in [0.15, 0.2) is 0 Å². The van der Waals surface area contributed by atoms with Crippen molar-refractivity contribution in [3.05, 3.63) is 44.1 Å². The lowest BCUT2D eigenvalue weighted by Crippen LogP contribution is -2.08. The van der Waals surface area contributed by atoms with Crippen LogP contribution in [0.25, 0.3) is 0 Å². The van der Waals surface area contributed by atoms with Crippen molar-refractivity contribution in [2.75, 3.05) is 10.6 Å². The zero-order valence-corrected chi connectivity index (χ0v) is 13.4. The van der Waals surface area contributed by atoms with Gasteiger partial charge in [0.2, 0.25) is 5.91 Å². The molecule has 3 nitrogen and oxygen atoms in total. The molecule has 6 heteroatoms. The summed E-state index contributed by atoms with van der Waals surface area (Å²) in [6, 6.07) is 5.52. The van der Waals surface area contributed by atoms with Crippen LogP contribution in [-0.2, 0) is 11.3 Å². The number of nitrogens with one attached hydrogen (secondary N) is 2. The Kier molecular flexibility index (Phi) is 4.91. The largest absolute Gasteiger partial charge is 0.379 e. The molecule has 1 heterocycles. The van der Waals surface area contributed by atoms with Gasteiger partial charge in [0.1, 0.15) is 0 Å². The average molecular weight is 329 g/mol. The van der Waals surface area contributed by atoms with Gasteiger partial charge in [-0.05, 0) is 36.1 Å². The van der Waals surface area contributed by atoms with E-state index < -0.39 is 0 Å². The van der Waals surface area contributed by atoms with Gasteiger partial charge in [0.25, 0.3) is 0 Å². The Balaban J connectivity index is 2.11. The van der Waals surface area contributed by atoms with Crippen molar-refractivity contribution in [3.63, 3.8) is 0 Å². The molecule has 0 aliphatic rings. The molecule has 0 aliphatic carbocycles. The summed E-state index contributed by atoms with van der Waals surface area (Å²) < 4.78 is 0. The van der Waals surface area contributed by atoms with Gasteiger partial charge in [-0.1, -0.05) is 23.2 Å². The average Bonchev–Trinajstić information content (AvgIpc) is 2.79. The predicted octanol–water partition coefficient (Wildman–Crippen LogP) is 4.93. The number of benzene rings is 1. The monoisotopic (exact) mass is 328 g/mol. The molecule has 0 unspecified atom stereocenters. The first-order valence-corrected chi connectivity index (χ1v) is 7.64. The van der Waals surface area contributed by atoms with Crippen molar-refractivity contribution in [1.29, 1.82) is 0 Å². The second kappa shape index (κ2) is 6.48. The normalized spacial score (nSPS) is 10.4. The molecule has 0 spiro atoms. The molecule has 2 N–H and O–H groups in total. The number of thiophene rings is 1. The predicted molar refractivity (Wildman–Crippen MR) is 87.1 cm³/mol. The van der Waals surface area contributed by atoms with E-state index in [0.29, 0.717) is 16.6 Å². The molecule has 0 bridgehead atoms. The number of aryl methyl sites for hydroxylation is 1. The number of carbonyl (C=O) groups is 1. The summed E-state index contributed by atoms with van der Waals surface area (Å²) in [5.41, 5.74) is 2.55. The van der Waals surface area contributed by atoms with E-state index in [0.717, 1.165) is 21.8 Å². The highest BCUT2D eigenvalue weighted by Crippen LogP contribution is 2.30. The van der Waals surface area contributed by atoms with E-state index in [1.807, 2.05) is 30.5 Å². The quantitative estimate of drug-likeness (QED) is 0.835. The number of anilines is 2.